The summed E-state index contributed by atoms with van der Waals surface area (Å²) in [4.78, 5) is 21.7. The Morgan fingerprint density at radius 1 is 1.21 bits per heavy atom. The number of benzene rings is 2. The lowest BCUT2D eigenvalue weighted by Gasteiger charge is -2.21. The van der Waals surface area contributed by atoms with Gasteiger partial charge in [-0.3, -0.25) is 9.78 Å². The number of ether oxygens (including phenoxy) is 2. The van der Waals surface area contributed by atoms with Crippen LogP contribution in [0.2, 0.25) is 5.02 Å². The van der Waals surface area contributed by atoms with E-state index < -0.39 is 41.4 Å². The zero-order valence-corrected chi connectivity index (χ0v) is 22.3. The maximum Gasteiger partial charge on any atom is 0.417 e. The summed E-state index contributed by atoms with van der Waals surface area (Å²) in [5.74, 6) is -0.991. The molecule has 2 heterocycles. The van der Waals surface area contributed by atoms with E-state index >= 15 is 0 Å². The highest BCUT2D eigenvalue weighted by molar-refractivity contribution is 8.01. The van der Waals surface area contributed by atoms with Gasteiger partial charge in [0.15, 0.2) is 4.34 Å². The number of alkyl halides is 3. The van der Waals surface area contributed by atoms with E-state index in [4.69, 9.17) is 21.1 Å². The molecule has 2 unspecified atom stereocenters. The minimum atomic E-state index is -4.65. The fourth-order valence-electron chi connectivity index (χ4n) is 3.58. The van der Waals surface area contributed by atoms with Crippen molar-refractivity contribution in [2.75, 3.05) is 12.4 Å². The van der Waals surface area contributed by atoms with E-state index in [-0.39, 0.29) is 11.3 Å². The third-order valence-corrected chi connectivity index (χ3v) is 8.09. The Morgan fingerprint density at radius 3 is 2.74 bits per heavy atom. The number of aliphatic hydroxyl groups excluding tert-OH is 1. The smallest absolute Gasteiger partial charge is 0.417 e. The van der Waals surface area contributed by atoms with E-state index in [9.17, 15) is 23.1 Å². The molecule has 0 aliphatic rings. The van der Waals surface area contributed by atoms with Crippen LogP contribution in [0, 0.1) is 5.92 Å². The molecule has 0 saturated heterocycles. The summed E-state index contributed by atoms with van der Waals surface area (Å²) in [6, 6.07) is 12.1. The maximum absolute atomic E-state index is 13.2. The lowest BCUT2D eigenvalue weighted by molar-refractivity contribution is -0.153. The highest BCUT2D eigenvalue weighted by Crippen LogP contribution is 2.37. The zero-order valence-electron chi connectivity index (χ0n) is 19.9. The molecule has 0 aliphatic heterocycles. The van der Waals surface area contributed by atoms with Crippen molar-refractivity contribution in [1.82, 2.24) is 9.97 Å². The number of aliphatic hydroxyl groups is 1. The summed E-state index contributed by atoms with van der Waals surface area (Å²) in [7, 11) is 0. The van der Waals surface area contributed by atoms with Gasteiger partial charge in [0.1, 0.15) is 12.4 Å². The average Bonchev–Trinajstić information content (AvgIpc) is 3.30. The summed E-state index contributed by atoms with van der Waals surface area (Å²) in [5, 5.41) is 10.5. The first kappa shape index (κ1) is 28.2. The summed E-state index contributed by atoms with van der Waals surface area (Å²) in [6.07, 6.45) is -2.92. The molecule has 200 valence electrons. The van der Waals surface area contributed by atoms with Crippen molar-refractivity contribution in [2.24, 2.45) is 5.92 Å². The zero-order chi connectivity index (χ0) is 27.3. The predicted octanol–water partition coefficient (Wildman–Crippen LogP) is 6.95. The summed E-state index contributed by atoms with van der Waals surface area (Å²) in [5.41, 5.74) is 0.261. The molecule has 0 bridgehead atoms. The molecule has 0 saturated carbocycles. The van der Waals surface area contributed by atoms with Gasteiger partial charge in [0.2, 0.25) is 0 Å². The van der Waals surface area contributed by atoms with Gasteiger partial charge in [-0.25, -0.2) is 4.98 Å². The first-order valence-electron chi connectivity index (χ1n) is 11.4. The predicted molar refractivity (Wildman–Crippen MR) is 140 cm³/mol. The first-order valence-corrected chi connectivity index (χ1v) is 13.6. The average molecular weight is 583 g/mol. The van der Waals surface area contributed by atoms with Gasteiger partial charge < -0.3 is 14.6 Å². The van der Waals surface area contributed by atoms with Crippen LogP contribution in [0.1, 0.15) is 29.7 Å². The van der Waals surface area contributed by atoms with E-state index in [0.29, 0.717) is 22.3 Å². The van der Waals surface area contributed by atoms with Gasteiger partial charge in [-0.1, -0.05) is 35.5 Å². The monoisotopic (exact) mass is 582 g/mol. The molecular weight excluding hydrogens is 561 g/mol. The molecule has 2 atom stereocenters. The number of thioether (sulfide) groups is 1. The van der Waals surface area contributed by atoms with Gasteiger partial charge in [-0.15, -0.1) is 11.3 Å². The van der Waals surface area contributed by atoms with E-state index in [2.05, 4.69) is 9.97 Å². The van der Waals surface area contributed by atoms with Crippen molar-refractivity contribution in [3.63, 3.8) is 0 Å². The molecule has 4 aromatic rings. The SMILES string of the molecule is CCOc1ccc2sc(SCC(C(=O)OCc3ccc(Cl)c(C(F)(F)F)c3)C(O)c3cccnc3)nc2c1. The van der Waals surface area contributed by atoms with Crippen LogP contribution in [0.15, 0.2) is 65.3 Å². The van der Waals surface area contributed by atoms with Gasteiger partial charge in [-0.2, -0.15) is 13.2 Å². The fourth-order valence-corrected chi connectivity index (χ4v) is 5.99. The molecule has 4 rings (SSSR count). The van der Waals surface area contributed by atoms with E-state index in [1.807, 2.05) is 25.1 Å². The highest BCUT2D eigenvalue weighted by atomic mass is 35.5. The normalized spacial score (nSPS) is 13.3. The highest BCUT2D eigenvalue weighted by Gasteiger charge is 2.34. The number of nitrogens with zero attached hydrogens (tertiary/aromatic N) is 2. The molecule has 12 heteroatoms. The molecule has 0 radical (unpaired) electrons. The molecule has 6 nitrogen and oxygen atoms in total. The third kappa shape index (κ3) is 6.96. The first-order chi connectivity index (χ1) is 18.2. The van der Waals surface area contributed by atoms with Crippen molar-refractivity contribution in [2.45, 2.75) is 30.2 Å². The second-order valence-corrected chi connectivity index (χ2v) is 10.8. The van der Waals surface area contributed by atoms with Crippen molar-refractivity contribution in [1.29, 1.82) is 0 Å². The molecule has 0 aliphatic carbocycles. The van der Waals surface area contributed by atoms with E-state index in [1.54, 1.807) is 12.1 Å². The van der Waals surface area contributed by atoms with Crippen molar-refractivity contribution < 1.29 is 32.5 Å². The number of esters is 1. The standard InChI is InChI=1S/C26H22ClF3N2O4S2/c1-2-35-17-6-8-22-21(11-17)32-25(38-22)37-14-18(23(33)16-4-3-9-31-12-16)24(34)36-13-15-5-7-20(27)19(10-15)26(28,29)30/h3-12,18,23,33H,2,13-14H2,1H3. The van der Waals surface area contributed by atoms with Crippen LogP contribution in [0.3, 0.4) is 0 Å². The number of halogens is 4. The quantitative estimate of drug-likeness (QED) is 0.160. The second kappa shape index (κ2) is 12.3. The van der Waals surface area contributed by atoms with Gasteiger partial charge in [0, 0.05) is 24.2 Å². The molecule has 0 fully saturated rings. The molecule has 2 aromatic heterocycles. The van der Waals surface area contributed by atoms with Crippen LogP contribution in [-0.4, -0.2) is 33.4 Å². The van der Waals surface area contributed by atoms with Crippen LogP contribution in [-0.2, 0) is 22.3 Å². The number of hydrogen-bond donors (Lipinski definition) is 1. The molecule has 0 spiro atoms. The summed E-state index contributed by atoms with van der Waals surface area (Å²) in [6.45, 7) is 2.00. The molecular formula is C26H22ClF3N2O4S2. The Bertz CT molecular complexity index is 1400. The maximum atomic E-state index is 13.2. The minimum Gasteiger partial charge on any atom is -0.494 e. The van der Waals surface area contributed by atoms with Gasteiger partial charge in [0.05, 0.1) is 39.4 Å². The number of aromatic nitrogens is 2. The van der Waals surface area contributed by atoms with Crippen molar-refractivity contribution in [3.05, 3.63) is 82.6 Å². The second-order valence-electron chi connectivity index (χ2n) is 8.11. The lowest BCUT2D eigenvalue weighted by Crippen LogP contribution is -2.27. The van der Waals surface area contributed by atoms with Gasteiger partial charge in [0.25, 0.3) is 0 Å². The Hall–Kier alpha value is -2.86. The van der Waals surface area contributed by atoms with Crippen molar-refractivity contribution >= 4 is 50.9 Å². The van der Waals surface area contributed by atoms with Crippen molar-refractivity contribution in [3.8, 4) is 5.75 Å². The number of pyridine rings is 1. The van der Waals surface area contributed by atoms with Crippen LogP contribution >= 0.6 is 34.7 Å². The number of thiazole rings is 1. The largest absolute Gasteiger partial charge is 0.494 e. The minimum absolute atomic E-state index is 0.113. The number of rotatable bonds is 10. The van der Waals surface area contributed by atoms with Gasteiger partial charge in [-0.05, 0) is 48.4 Å². The molecule has 38 heavy (non-hydrogen) atoms. The molecule has 2 aromatic carbocycles. The van der Waals surface area contributed by atoms with Gasteiger partial charge >= 0.3 is 12.1 Å². The number of carbonyl (C=O) groups is 1. The Morgan fingerprint density at radius 2 is 2.03 bits per heavy atom. The number of fused-ring (bicyclic) bond motifs is 1. The Labute approximate surface area is 229 Å². The van der Waals surface area contributed by atoms with E-state index in [1.165, 1.54) is 41.6 Å². The van der Waals surface area contributed by atoms with Crippen LogP contribution in [0.25, 0.3) is 10.2 Å². The molecule has 1 N–H and O–H groups in total. The number of hydrogen-bond acceptors (Lipinski definition) is 8. The topological polar surface area (TPSA) is 81.5 Å². The summed E-state index contributed by atoms with van der Waals surface area (Å²) >= 11 is 8.38. The third-order valence-electron chi connectivity index (χ3n) is 5.46. The fraction of sp³-hybridized carbons (Fsp3) is 0.269. The Balaban J connectivity index is 1.50. The summed E-state index contributed by atoms with van der Waals surface area (Å²) < 4.78 is 52.1. The van der Waals surface area contributed by atoms with Crippen LogP contribution in [0.5, 0.6) is 5.75 Å². The Kier molecular flexibility index (Phi) is 9.14. The van der Waals surface area contributed by atoms with Crippen LogP contribution in [0.4, 0.5) is 13.2 Å². The number of carbonyl (C=O) groups excluding carboxylic acids is 1. The molecule has 0 amide bonds. The van der Waals surface area contributed by atoms with Crippen LogP contribution < -0.4 is 4.74 Å². The lowest BCUT2D eigenvalue weighted by atomic mass is 9.99. The van der Waals surface area contributed by atoms with E-state index in [0.717, 1.165) is 22.3 Å².